The minimum absolute atomic E-state index is 0.322. The van der Waals surface area contributed by atoms with Gasteiger partial charge in [0.1, 0.15) is 5.82 Å². The molecular weight excluding hydrogens is 301 g/mol. The van der Waals surface area contributed by atoms with Gasteiger partial charge in [0, 0.05) is 26.2 Å². The Hall–Kier alpha value is -1.25. The van der Waals surface area contributed by atoms with Crippen molar-refractivity contribution in [1.29, 1.82) is 0 Å². The zero-order chi connectivity index (χ0) is 14.8. The highest BCUT2D eigenvalue weighted by atomic mass is 32.2. The molecular formula is C12H16FN3O2S2. The zero-order valence-corrected chi connectivity index (χ0v) is 12.7. The smallest absolute Gasteiger partial charge is 0.211 e. The molecule has 0 atom stereocenters. The number of nitrogens with one attached hydrogen (secondary N) is 1. The van der Waals surface area contributed by atoms with Crippen LogP contribution in [0.5, 0.6) is 0 Å². The number of thiocarbonyl (C=S) groups is 1. The van der Waals surface area contributed by atoms with E-state index in [9.17, 15) is 12.8 Å². The van der Waals surface area contributed by atoms with Crippen LogP contribution in [-0.2, 0) is 10.0 Å². The Morgan fingerprint density at radius 3 is 2.40 bits per heavy atom. The summed E-state index contributed by atoms with van der Waals surface area (Å²) < 4.78 is 37.7. The molecule has 1 heterocycles. The van der Waals surface area contributed by atoms with Crippen LogP contribution in [0.2, 0.25) is 0 Å². The van der Waals surface area contributed by atoms with E-state index in [-0.39, 0.29) is 5.82 Å². The van der Waals surface area contributed by atoms with Crippen LogP contribution in [0.25, 0.3) is 0 Å². The van der Waals surface area contributed by atoms with Gasteiger partial charge in [0.2, 0.25) is 10.0 Å². The summed E-state index contributed by atoms with van der Waals surface area (Å²) in [4.78, 5) is 1.84. The molecule has 0 bridgehead atoms. The molecule has 0 amide bonds. The van der Waals surface area contributed by atoms with E-state index in [4.69, 9.17) is 12.2 Å². The Kier molecular flexibility index (Phi) is 4.56. The van der Waals surface area contributed by atoms with E-state index in [0.717, 1.165) is 0 Å². The average molecular weight is 317 g/mol. The first-order chi connectivity index (χ1) is 9.38. The van der Waals surface area contributed by atoms with E-state index in [1.807, 2.05) is 4.90 Å². The Morgan fingerprint density at radius 1 is 1.25 bits per heavy atom. The summed E-state index contributed by atoms with van der Waals surface area (Å²) >= 11 is 5.23. The minimum atomic E-state index is -3.16. The molecule has 20 heavy (non-hydrogen) atoms. The molecule has 1 fully saturated rings. The van der Waals surface area contributed by atoms with Crippen LogP contribution in [-0.4, -0.2) is 55.2 Å². The summed E-state index contributed by atoms with van der Waals surface area (Å²) in [7, 11) is -3.16. The number of rotatable bonds is 2. The standard InChI is InChI=1S/C12H16FN3O2S2/c1-20(17,18)16-8-6-15(7-9-16)12(19)14-11-5-3-2-4-10(11)13/h2-5H,6-9H2,1H3,(H,14,19). The number of anilines is 1. The van der Waals surface area contributed by atoms with Crippen molar-refractivity contribution >= 4 is 33.0 Å². The fourth-order valence-electron chi connectivity index (χ4n) is 1.98. The van der Waals surface area contributed by atoms with Crippen molar-refractivity contribution in [3.63, 3.8) is 0 Å². The van der Waals surface area contributed by atoms with Gasteiger partial charge in [0.15, 0.2) is 5.11 Å². The Balaban J connectivity index is 1.94. The number of piperazine rings is 1. The predicted octanol–water partition coefficient (Wildman–Crippen LogP) is 1.10. The molecule has 1 aromatic rings. The number of hydrogen-bond acceptors (Lipinski definition) is 3. The third-order valence-corrected chi connectivity index (χ3v) is 4.77. The van der Waals surface area contributed by atoms with Crippen molar-refractivity contribution in [1.82, 2.24) is 9.21 Å². The van der Waals surface area contributed by atoms with Crippen LogP contribution in [0.15, 0.2) is 24.3 Å². The van der Waals surface area contributed by atoms with Crippen molar-refractivity contribution in [2.24, 2.45) is 0 Å². The molecule has 1 saturated heterocycles. The number of sulfonamides is 1. The van der Waals surface area contributed by atoms with Gasteiger partial charge in [-0.05, 0) is 24.4 Å². The van der Waals surface area contributed by atoms with E-state index >= 15 is 0 Å². The van der Waals surface area contributed by atoms with Crippen LogP contribution >= 0.6 is 12.2 Å². The molecule has 0 aromatic heterocycles. The molecule has 1 aromatic carbocycles. The van der Waals surface area contributed by atoms with Gasteiger partial charge in [-0.2, -0.15) is 4.31 Å². The molecule has 5 nitrogen and oxygen atoms in total. The van der Waals surface area contributed by atoms with E-state index in [0.29, 0.717) is 37.0 Å². The van der Waals surface area contributed by atoms with Gasteiger partial charge >= 0.3 is 0 Å². The molecule has 8 heteroatoms. The fraction of sp³-hybridized carbons (Fsp3) is 0.417. The SMILES string of the molecule is CS(=O)(=O)N1CCN(C(=S)Nc2ccccc2F)CC1. The predicted molar refractivity (Wildman–Crippen MR) is 80.6 cm³/mol. The number of nitrogens with zero attached hydrogens (tertiary/aromatic N) is 2. The third kappa shape index (κ3) is 3.65. The fourth-order valence-corrected chi connectivity index (χ4v) is 3.10. The zero-order valence-electron chi connectivity index (χ0n) is 11.0. The van der Waals surface area contributed by atoms with Crippen LogP contribution in [0.1, 0.15) is 0 Å². The van der Waals surface area contributed by atoms with Crippen LogP contribution in [0.4, 0.5) is 10.1 Å². The largest absolute Gasteiger partial charge is 0.346 e. The van der Waals surface area contributed by atoms with Crippen LogP contribution in [0, 0.1) is 5.82 Å². The maximum atomic E-state index is 13.5. The quantitative estimate of drug-likeness (QED) is 0.828. The second-order valence-electron chi connectivity index (χ2n) is 4.56. The van der Waals surface area contributed by atoms with Crippen molar-refractivity contribution in [2.75, 3.05) is 37.8 Å². The number of para-hydroxylation sites is 1. The third-order valence-electron chi connectivity index (χ3n) is 3.11. The van der Waals surface area contributed by atoms with Crippen molar-refractivity contribution in [3.8, 4) is 0 Å². The van der Waals surface area contributed by atoms with E-state index in [2.05, 4.69) is 5.32 Å². The highest BCUT2D eigenvalue weighted by Crippen LogP contribution is 2.14. The summed E-state index contributed by atoms with van der Waals surface area (Å²) in [6.45, 7) is 1.76. The molecule has 0 saturated carbocycles. The second-order valence-corrected chi connectivity index (χ2v) is 6.93. The van der Waals surface area contributed by atoms with E-state index < -0.39 is 10.0 Å². The van der Waals surface area contributed by atoms with Gasteiger partial charge in [-0.25, -0.2) is 12.8 Å². The number of hydrogen-bond donors (Lipinski definition) is 1. The molecule has 0 radical (unpaired) electrons. The maximum absolute atomic E-state index is 13.5. The highest BCUT2D eigenvalue weighted by molar-refractivity contribution is 7.88. The lowest BCUT2D eigenvalue weighted by molar-refractivity contribution is 0.270. The van der Waals surface area contributed by atoms with Gasteiger partial charge < -0.3 is 10.2 Å². The topological polar surface area (TPSA) is 52.7 Å². The van der Waals surface area contributed by atoms with Crippen LogP contribution < -0.4 is 5.32 Å². The van der Waals surface area contributed by atoms with Gasteiger partial charge in [-0.15, -0.1) is 0 Å². The summed E-state index contributed by atoms with van der Waals surface area (Å²) in [6.07, 6.45) is 1.19. The average Bonchev–Trinajstić information content (AvgIpc) is 2.40. The van der Waals surface area contributed by atoms with Crippen molar-refractivity contribution in [3.05, 3.63) is 30.1 Å². The van der Waals surface area contributed by atoms with Gasteiger partial charge in [-0.1, -0.05) is 12.1 Å². The van der Waals surface area contributed by atoms with Gasteiger partial charge in [0.05, 0.1) is 11.9 Å². The maximum Gasteiger partial charge on any atom is 0.211 e. The molecule has 0 aliphatic carbocycles. The molecule has 2 rings (SSSR count). The minimum Gasteiger partial charge on any atom is -0.346 e. The molecule has 0 unspecified atom stereocenters. The molecule has 110 valence electrons. The summed E-state index contributed by atoms with van der Waals surface area (Å²) in [6, 6.07) is 6.28. The van der Waals surface area contributed by atoms with Gasteiger partial charge in [-0.3, -0.25) is 0 Å². The Labute approximate surface area is 123 Å². The molecule has 0 spiro atoms. The lowest BCUT2D eigenvalue weighted by atomic mass is 10.3. The number of benzene rings is 1. The van der Waals surface area contributed by atoms with Crippen molar-refractivity contribution < 1.29 is 12.8 Å². The summed E-state index contributed by atoms with van der Waals surface area (Å²) in [5.41, 5.74) is 0.322. The summed E-state index contributed by atoms with van der Waals surface area (Å²) in [5.74, 6) is -0.371. The first-order valence-electron chi connectivity index (χ1n) is 6.13. The Bertz CT molecular complexity index is 598. The summed E-state index contributed by atoms with van der Waals surface area (Å²) in [5, 5.41) is 3.25. The Morgan fingerprint density at radius 2 is 1.85 bits per heavy atom. The molecule has 1 aliphatic rings. The number of halogens is 1. The van der Waals surface area contributed by atoms with Crippen LogP contribution in [0.3, 0.4) is 0 Å². The lowest BCUT2D eigenvalue weighted by Crippen LogP contribution is -2.51. The first kappa shape index (κ1) is 15.1. The molecule has 1 N–H and O–H groups in total. The second kappa shape index (κ2) is 6.02. The van der Waals surface area contributed by atoms with E-state index in [1.54, 1.807) is 18.2 Å². The normalized spacial score (nSPS) is 17.0. The highest BCUT2D eigenvalue weighted by Gasteiger charge is 2.24. The molecule has 1 aliphatic heterocycles. The van der Waals surface area contributed by atoms with Gasteiger partial charge in [0.25, 0.3) is 0 Å². The lowest BCUT2D eigenvalue weighted by Gasteiger charge is -2.34. The monoisotopic (exact) mass is 317 g/mol. The van der Waals surface area contributed by atoms with Crippen molar-refractivity contribution in [2.45, 2.75) is 0 Å². The van der Waals surface area contributed by atoms with E-state index in [1.165, 1.54) is 16.6 Å². The first-order valence-corrected chi connectivity index (χ1v) is 8.39.